The number of nitrogens with one attached hydrogen (secondary N) is 2. The molecule has 1 aliphatic rings. The maximum absolute atomic E-state index is 12.1. The Hall–Kier alpha value is -1.10. The van der Waals surface area contributed by atoms with Gasteiger partial charge in [-0.3, -0.25) is 4.79 Å². The van der Waals surface area contributed by atoms with Crippen LogP contribution in [0.5, 0.6) is 0 Å². The zero-order valence-corrected chi connectivity index (χ0v) is 11.5. The van der Waals surface area contributed by atoms with E-state index in [1.165, 1.54) is 7.11 Å². The average Bonchev–Trinajstić information content (AvgIpc) is 2.39. The van der Waals surface area contributed by atoms with Crippen molar-refractivity contribution in [3.8, 4) is 0 Å². The molecular weight excluding hydrogens is 232 g/mol. The molecular formula is C13H24N2O3. The molecule has 1 aliphatic carbocycles. The minimum atomic E-state index is -0.800. The van der Waals surface area contributed by atoms with Crippen LogP contribution in [0, 0.1) is 5.92 Å². The maximum atomic E-state index is 12.1. The first-order valence-corrected chi connectivity index (χ1v) is 6.61. The number of rotatable bonds is 5. The molecule has 0 heterocycles. The fourth-order valence-electron chi connectivity index (χ4n) is 2.49. The maximum Gasteiger partial charge on any atom is 0.331 e. The van der Waals surface area contributed by atoms with Crippen molar-refractivity contribution in [1.82, 2.24) is 10.6 Å². The van der Waals surface area contributed by atoms with Gasteiger partial charge in [0.05, 0.1) is 7.11 Å². The zero-order chi connectivity index (χ0) is 13.6. The normalized spacial score (nSPS) is 19.9. The molecule has 0 saturated heterocycles. The van der Waals surface area contributed by atoms with Gasteiger partial charge in [-0.05, 0) is 19.9 Å². The van der Waals surface area contributed by atoms with Gasteiger partial charge < -0.3 is 15.4 Å². The smallest absolute Gasteiger partial charge is 0.331 e. The summed E-state index contributed by atoms with van der Waals surface area (Å²) in [7, 11) is 3.18. The Balaban J connectivity index is 2.72. The number of carbonyl (C=O) groups excluding carboxylic acids is 2. The van der Waals surface area contributed by atoms with E-state index in [2.05, 4.69) is 10.6 Å². The van der Waals surface area contributed by atoms with Crippen LogP contribution in [0.3, 0.4) is 0 Å². The predicted octanol–water partition coefficient (Wildman–Crippen LogP) is 0.834. The highest BCUT2D eigenvalue weighted by Crippen LogP contribution is 2.29. The van der Waals surface area contributed by atoms with Gasteiger partial charge in [0.1, 0.15) is 5.54 Å². The largest absolute Gasteiger partial charge is 0.467 e. The molecule has 1 saturated carbocycles. The number of hydrogen-bond donors (Lipinski definition) is 2. The Labute approximate surface area is 109 Å². The van der Waals surface area contributed by atoms with E-state index in [4.69, 9.17) is 4.74 Å². The summed E-state index contributed by atoms with van der Waals surface area (Å²) in [6, 6.07) is 0. The van der Waals surface area contributed by atoms with Gasteiger partial charge in [0.15, 0.2) is 0 Å². The first kappa shape index (κ1) is 15.0. The van der Waals surface area contributed by atoms with E-state index >= 15 is 0 Å². The van der Waals surface area contributed by atoms with Gasteiger partial charge in [-0.25, -0.2) is 4.79 Å². The average molecular weight is 256 g/mol. The molecule has 0 aromatic heterocycles. The second-order valence-electron chi connectivity index (χ2n) is 5.08. The lowest BCUT2D eigenvalue weighted by molar-refractivity contribution is -0.153. The molecule has 2 N–H and O–H groups in total. The third kappa shape index (κ3) is 3.45. The van der Waals surface area contributed by atoms with E-state index in [1.807, 2.05) is 6.92 Å². The van der Waals surface area contributed by atoms with Crippen LogP contribution < -0.4 is 10.6 Å². The molecule has 18 heavy (non-hydrogen) atoms. The van der Waals surface area contributed by atoms with Crippen molar-refractivity contribution in [2.45, 2.75) is 44.6 Å². The molecule has 0 bridgehead atoms. The number of esters is 1. The van der Waals surface area contributed by atoms with Crippen molar-refractivity contribution >= 4 is 11.9 Å². The number of carbonyl (C=O) groups is 2. The highest BCUT2D eigenvalue weighted by molar-refractivity contribution is 5.89. The Morgan fingerprint density at radius 1 is 1.28 bits per heavy atom. The summed E-state index contributed by atoms with van der Waals surface area (Å²) in [5.74, 6) is -0.553. The van der Waals surface area contributed by atoms with E-state index in [0.717, 1.165) is 19.3 Å². The van der Waals surface area contributed by atoms with Gasteiger partial charge in [0.25, 0.3) is 0 Å². The lowest BCUT2D eigenvalue weighted by Crippen LogP contribution is -2.57. The molecule has 1 amide bonds. The van der Waals surface area contributed by atoms with Gasteiger partial charge in [0, 0.05) is 12.5 Å². The minimum Gasteiger partial charge on any atom is -0.467 e. The van der Waals surface area contributed by atoms with Crippen molar-refractivity contribution in [2.75, 3.05) is 20.7 Å². The third-order valence-electron chi connectivity index (χ3n) is 3.60. The van der Waals surface area contributed by atoms with Crippen molar-refractivity contribution < 1.29 is 14.3 Å². The second-order valence-corrected chi connectivity index (χ2v) is 5.08. The van der Waals surface area contributed by atoms with Gasteiger partial charge in [-0.1, -0.05) is 26.2 Å². The molecule has 1 fully saturated rings. The summed E-state index contributed by atoms with van der Waals surface area (Å²) in [4.78, 5) is 24.0. The number of methoxy groups -OCH3 is 1. The molecule has 5 heteroatoms. The first-order chi connectivity index (χ1) is 8.55. The molecule has 104 valence electrons. The molecule has 0 radical (unpaired) electrons. The van der Waals surface area contributed by atoms with Crippen LogP contribution >= 0.6 is 0 Å². The van der Waals surface area contributed by atoms with E-state index in [-0.39, 0.29) is 17.8 Å². The first-order valence-electron chi connectivity index (χ1n) is 6.61. The van der Waals surface area contributed by atoms with Gasteiger partial charge in [-0.15, -0.1) is 0 Å². The van der Waals surface area contributed by atoms with E-state index in [1.54, 1.807) is 7.05 Å². The van der Waals surface area contributed by atoms with Crippen LogP contribution in [-0.4, -0.2) is 38.1 Å². The second kappa shape index (κ2) is 6.73. The lowest BCUT2D eigenvalue weighted by atomic mass is 9.81. The molecule has 5 nitrogen and oxygen atoms in total. The topological polar surface area (TPSA) is 67.4 Å². The van der Waals surface area contributed by atoms with Crippen molar-refractivity contribution in [1.29, 1.82) is 0 Å². The third-order valence-corrected chi connectivity index (χ3v) is 3.60. The fourth-order valence-corrected chi connectivity index (χ4v) is 2.49. The molecule has 0 aromatic rings. The minimum absolute atomic E-state index is 0.0864. The Morgan fingerprint density at radius 3 is 2.39 bits per heavy atom. The van der Waals surface area contributed by atoms with Crippen LogP contribution in [0.2, 0.25) is 0 Å². The Kier molecular flexibility index (Phi) is 5.59. The van der Waals surface area contributed by atoms with Gasteiger partial charge in [-0.2, -0.15) is 0 Å². The Bertz CT molecular complexity index is 299. The van der Waals surface area contributed by atoms with Gasteiger partial charge >= 0.3 is 5.97 Å². The molecule has 1 rings (SSSR count). The van der Waals surface area contributed by atoms with Gasteiger partial charge in [0.2, 0.25) is 5.91 Å². The number of ether oxygens (including phenoxy) is 1. The number of hydrogen-bond acceptors (Lipinski definition) is 4. The monoisotopic (exact) mass is 256 g/mol. The van der Waals surface area contributed by atoms with Crippen LogP contribution in [0.4, 0.5) is 0 Å². The SMILES string of the molecule is CNCC(C)C(=O)NC1(C(=O)OC)CCCCC1. The van der Waals surface area contributed by atoms with Crippen molar-refractivity contribution in [2.24, 2.45) is 5.92 Å². The zero-order valence-electron chi connectivity index (χ0n) is 11.5. The highest BCUT2D eigenvalue weighted by atomic mass is 16.5. The van der Waals surface area contributed by atoms with Crippen LogP contribution in [-0.2, 0) is 14.3 Å². The molecule has 0 spiro atoms. The highest BCUT2D eigenvalue weighted by Gasteiger charge is 2.42. The van der Waals surface area contributed by atoms with Crippen LogP contribution in [0.25, 0.3) is 0 Å². The van der Waals surface area contributed by atoms with E-state index in [0.29, 0.717) is 19.4 Å². The fraction of sp³-hybridized carbons (Fsp3) is 0.846. The molecule has 0 aromatic carbocycles. The summed E-state index contributed by atoms with van der Waals surface area (Å²) < 4.78 is 4.86. The summed E-state index contributed by atoms with van der Waals surface area (Å²) in [5, 5.41) is 5.88. The summed E-state index contributed by atoms with van der Waals surface area (Å²) >= 11 is 0. The number of amides is 1. The van der Waals surface area contributed by atoms with Crippen molar-refractivity contribution in [3.63, 3.8) is 0 Å². The van der Waals surface area contributed by atoms with E-state index < -0.39 is 5.54 Å². The standard InChI is InChI=1S/C13H24N2O3/c1-10(9-14-2)11(16)15-13(12(17)18-3)7-5-4-6-8-13/h10,14H,4-9H2,1-3H3,(H,15,16). The molecule has 0 aliphatic heterocycles. The molecule has 1 unspecified atom stereocenters. The molecule has 1 atom stereocenters. The lowest BCUT2D eigenvalue weighted by Gasteiger charge is -2.36. The van der Waals surface area contributed by atoms with E-state index in [9.17, 15) is 9.59 Å². The summed E-state index contributed by atoms with van der Waals surface area (Å²) in [5.41, 5.74) is -0.800. The van der Waals surface area contributed by atoms with Crippen LogP contribution in [0.1, 0.15) is 39.0 Å². The van der Waals surface area contributed by atoms with Crippen LogP contribution in [0.15, 0.2) is 0 Å². The Morgan fingerprint density at radius 2 is 1.89 bits per heavy atom. The quantitative estimate of drug-likeness (QED) is 0.715. The summed E-state index contributed by atoms with van der Waals surface area (Å²) in [6.45, 7) is 2.45. The summed E-state index contributed by atoms with van der Waals surface area (Å²) in [6.07, 6.45) is 4.38. The van der Waals surface area contributed by atoms with Crippen molar-refractivity contribution in [3.05, 3.63) is 0 Å². The predicted molar refractivity (Wildman–Crippen MR) is 69.1 cm³/mol.